The maximum absolute atomic E-state index is 11.6. The first-order valence-electron chi connectivity index (χ1n) is 4.98. The van der Waals surface area contributed by atoms with E-state index in [0.717, 1.165) is 0 Å². The third-order valence-electron chi connectivity index (χ3n) is 2.18. The highest BCUT2D eigenvalue weighted by molar-refractivity contribution is 7.90. The zero-order valence-corrected chi connectivity index (χ0v) is 10.8. The second kappa shape index (κ2) is 5.46. The molecule has 0 aromatic rings. The van der Waals surface area contributed by atoms with Crippen LogP contribution in [0.1, 0.15) is 27.7 Å². The Kier molecular flexibility index (Phi) is 5.23. The number of hydrogen-bond donors (Lipinski definition) is 1. The van der Waals surface area contributed by atoms with Crippen LogP contribution in [0.3, 0.4) is 0 Å². The van der Waals surface area contributed by atoms with E-state index in [9.17, 15) is 13.2 Å². The van der Waals surface area contributed by atoms with E-state index in [1.165, 1.54) is 4.90 Å². The maximum atomic E-state index is 11.6. The van der Waals surface area contributed by atoms with Crippen LogP contribution in [0.2, 0.25) is 0 Å². The number of sulfonamides is 1. The van der Waals surface area contributed by atoms with Crippen molar-refractivity contribution in [3.8, 4) is 0 Å². The Morgan fingerprint density at radius 1 is 1.33 bits per heavy atom. The van der Waals surface area contributed by atoms with Crippen molar-refractivity contribution in [2.24, 2.45) is 0 Å². The molecule has 0 aliphatic rings. The molecular weight excluding hydrogens is 216 g/mol. The van der Waals surface area contributed by atoms with Crippen LogP contribution in [0, 0.1) is 0 Å². The van der Waals surface area contributed by atoms with E-state index < -0.39 is 21.3 Å². The fraction of sp³-hybridized carbons (Fsp3) is 0.889. The number of carbonyl (C=O) groups excluding carboxylic acids is 1. The molecule has 0 aliphatic carbocycles. The van der Waals surface area contributed by atoms with Gasteiger partial charge in [0.2, 0.25) is 15.9 Å². The summed E-state index contributed by atoms with van der Waals surface area (Å²) in [4.78, 5) is 13.1. The minimum atomic E-state index is -3.38. The summed E-state index contributed by atoms with van der Waals surface area (Å²) in [6.45, 7) is 7.09. The Balaban J connectivity index is 4.51. The Morgan fingerprint density at radius 3 is 2.13 bits per heavy atom. The largest absolute Gasteiger partial charge is 0.345 e. The van der Waals surface area contributed by atoms with Gasteiger partial charge in [0.25, 0.3) is 0 Å². The fourth-order valence-corrected chi connectivity index (χ4v) is 1.79. The van der Waals surface area contributed by atoms with Crippen molar-refractivity contribution in [1.29, 1.82) is 0 Å². The van der Waals surface area contributed by atoms with Gasteiger partial charge < -0.3 is 4.90 Å². The zero-order chi connectivity index (χ0) is 12.2. The third kappa shape index (κ3) is 4.17. The fourth-order valence-electron chi connectivity index (χ4n) is 0.919. The molecule has 0 saturated heterocycles. The van der Waals surface area contributed by atoms with Crippen LogP contribution in [0.5, 0.6) is 0 Å². The van der Waals surface area contributed by atoms with Gasteiger partial charge in [-0.1, -0.05) is 0 Å². The van der Waals surface area contributed by atoms with Gasteiger partial charge in [-0.05, 0) is 27.7 Å². The highest BCUT2D eigenvalue weighted by atomic mass is 32.2. The number of carbonyl (C=O) groups is 1. The molecule has 1 atom stereocenters. The topological polar surface area (TPSA) is 66.5 Å². The summed E-state index contributed by atoms with van der Waals surface area (Å²) >= 11 is 0. The van der Waals surface area contributed by atoms with E-state index in [0.29, 0.717) is 6.54 Å². The van der Waals surface area contributed by atoms with Crippen molar-refractivity contribution in [2.75, 3.05) is 13.6 Å². The molecule has 0 fully saturated rings. The van der Waals surface area contributed by atoms with Crippen LogP contribution < -0.4 is 4.72 Å². The minimum Gasteiger partial charge on any atom is -0.345 e. The van der Waals surface area contributed by atoms with Crippen molar-refractivity contribution in [1.82, 2.24) is 9.62 Å². The molecule has 0 bridgehead atoms. The first-order valence-corrected chi connectivity index (χ1v) is 6.53. The quantitative estimate of drug-likeness (QED) is 0.740. The predicted octanol–water partition coefficient (Wildman–Crippen LogP) is 0.181. The lowest BCUT2D eigenvalue weighted by Crippen LogP contribution is -2.47. The lowest BCUT2D eigenvalue weighted by Gasteiger charge is -2.21. The Bertz CT molecular complexity index is 311. The Labute approximate surface area is 91.9 Å². The maximum Gasteiger partial charge on any atom is 0.240 e. The highest BCUT2D eigenvalue weighted by Crippen LogP contribution is 2.00. The van der Waals surface area contributed by atoms with E-state index in [-0.39, 0.29) is 5.91 Å². The monoisotopic (exact) mass is 236 g/mol. The van der Waals surface area contributed by atoms with E-state index in [1.807, 2.05) is 6.92 Å². The van der Waals surface area contributed by atoms with E-state index in [2.05, 4.69) is 4.72 Å². The molecule has 0 aromatic carbocycles. The van der Waals surface area contributed by atoms with Crippen LogP contribution in [-0.2, 0) is 14.8 Å². The molecule has 90 valence electrons. The molecule has 1 N–H and O–H groups in total. The minimum absolute atomic E-state index is 0.221. The number of hydrogen-bond acceptors (Lipinski definition) is 3. The standard InChI is InChI=1S/C9H20N2O3S/c1-6-11(5)9(12)8(4)10-15(13,14)7(2)3/h7-8,10H,6H2,1-5H3. The summed E-state index contributed by atoms with van der Waals surface area (Å²) in [5, 5.41) is -0.528. The van der Waals surface area contributed by atoms with Crippen LogP contribution in [-0.4, -0.2) is 44.1 Å². The average Bonchev–Trinajstić information content (AvgIpc) is 2.14. The predicted molar refractivity (Wildman–Crippen MR) is 60.0 cm³/mol. The molecule has 5 nitrogen and oxygen atoms in total. The van der Waals surface area contributed by atoms with Crippen LogP contribution in [0.4, 0.5) is 0 Å². The Morgan fingerprint density at radius 2 is 1.80 bits per heavy atom. The molecule has 0 radical (unpaired) electrons. The molecule has 1 amide bonds. The van der Waals surface area contributed by atoms with Crippen LogP contribution in [0.15, 0.2) is 0 Å². The summed E-state index contributed by atoms with van der Waals surface area (Å²) in [5.74, 6) is -0.221. The van der Waals surface area contributed by atoms with Crippen LogP contribution in [0.25, 0.3) is 0 Å². The number of likely N-dealkylation sites (N-methyl/N-ethyl adjacent to an activating group) is 1. The highest BCUT2D eigenvalue weighted by Gasteiger charge is 2.24. The number of nitrogens with one attached hydrogen (secondary N) is 1. The molecule has 0 rings (SSSR count). The van der Waals surface area contributed by atoms with Gasteiger partial charge in [-0.25, -0.2) is 13.1 Å². The van der Waals surface area contributed by atoms with Crippen molar-refractivity contribution >= 4 is 15.9 Å². The summed E-state index contributed by atoms with van der Waals surface area (Å²) < 4.78 is 25.3. The SMILES string of the molecule is CCN(C)C(=O)C(C)NS(=O)(=O)C(C)C. The second-order valence-corrected chi connectivity index (χ2v) is 6.05. The first kappa shape index (κ1) is 14.4. The van der Waals surface area contributed by atoms with Gasteiger partial charge in [-0.3, -0.25) is 4.79 Å². The summed E-state index contributed by atoms with van der Waals surface area (Å²) in [6, 6.07) is -0.706. The zero-order valence-electron chi connectivity index (χ0n) is 9.94. The second-order valence-electron chi connectivity index (χ2n) is 3.79. The van der Waals surface area contributed by atoms with Gasteiger partial charge in [0.1, 0.15) is 0 Å². The van der Waals surface area contributed by atoms with Gasteiger partial charge in [0, 0.05) is 13.6 Å². The van der Waals surface area contributed by atoms with Crippen molar-refractivity contribution in [3.63, 3.8) is 0 Å². The third-order valence-corrected chi connectivity index (χ3v) is 4.11. The summed E-state index contributed by atoms with van der Waals surface area (Å²) in [7, 11) is -1.74. The number of amides is 1. The van der Waals surface area contributed by atoms with Crippen LogP contribution >= 0.6 is 0 Å². The molecular formula is C9H20N2O3S. The summed E-state index contributed by atoms with van der Waals surface area (Å²) in [6.07, 6.45) is 0. The molecule has 0 saturated carbocycles. The summed E-state index contributed by atoms with van der Waals surface area (Å²) in [5.41, 5.74) is 0. The van der Waals surface area contributed by atoms with Gasteiger partial charge in [0.15, 0.2) is 0 Å². The van der Waals surface area contributed by atoms with Crippen molar-refractivity contribution < 1.29 is 13.2 Å². The molecule has 0 aliphatic heterocycles. The van der Waals surface area contributed by atoms with E-state index in [4.69, 9.17) is 0 Å². The van der Waals surface area contributed by atoms with Gasteiger partial charge in [-0.15, -0.1) is 0 Å². The molecule has 6 heteroatoms. The molecule has 0 spiro atoms. The lowest BCUT2D eigenvalue weighted by atomic mass is 10.3. The number of rotatable bonds is 5. The molecule has 1 unspecified atom stereocenters. The molecule has 15 heavy (non-hydrogen) atoms. The van der Waals surface area contributed by atoms with Gasteiger partial charge in [0.05, 0.1) is 11.3 Å². The van der Waals surface area contributed by atoms with Gasteiger partial charge in [-0.2, -0.15) is 0 Å². The van der Waals surface area contributed by atoms with Crippen molar-refractivity contribution in [3.05, 3.63) is 0 Å². The van der Waals surface area contributed by atoms with E-state index >= 15 is 0 Å². The van der Waals surface area contributed by atoms with E-state index in [1.54, 1.807) is 27.8 Å². The number of nitrogens with zero attached hydrogens (tertiary/aromatic N) is 1. The normalized spacial score (nSPS) is 14.0. The molecule has 0 heterocycles. The molecule has 0 aromatic heterocycles. The smallest absolute Gasteiger partial charge is 0.240 e. The average molecular weight is 236 g/mol. The first-order chi connectivity index (χ1) is 6.72. The van der Waals surface area contributed by atoms with Crippen molar-refractivity contribution in [2.45, 2.75) is 39.0 Å². The van der Waals surface area contributed by atoms with Gasteiger partial charge >= 0.3 is 0 Å². The Hall–Kier alpha value is -0.620. The lowest BCUT2D eigenvalue weighted by molar-refractivity contribution is -0.131.